The van der Waals surface area contributed by atoms with Crippen LogP contribution in [0.15, 0.2) is 11.4 Å². The first-order valence-electron chi connectivity index (χ1n) is 4.90. The van der Waals surface area contributed by atoms with Gasteiger partial charge in [0.2, 0.25) is 0 Å². The molecule has 0 radical (unpaired) electrons. The van der Waals surface area contributed by atoms with Gasteiger partial charge in [0.25, 0.3) is 0 Å². The Balaban J connectivity index is 2.08. The molecule has 0 saturated heterocycles. The van der Waals surface area contributed by atoms with Gasteiger partial charge in [0, 0.05) is 17.1 Å². The molecule has 0 spiro atoms. The summed E-state index contributed by atoms with van der Waals surface area (Å²) in [6.07, 6.45) is 1.67. The van der Waals surface area contributed by atoms with Crippen LogP contribution in [0.4, 0.5) is 5.69 Å². The van der Waals surface area contributed by atoms with Crippen molar-refractivity contribution in [2.75, 3.05) is 12.3 Å². The van der Waals surface area contributed by atoms with Crippen LogP contribution in [-0.4, -0.2) is 17.8 Å². The zero-order valence-corrected chi connectivity index (χ0v) is 9.31. The normalized spacial score (nSPS) is 13.0. The number of nitrogens with two attached hydrogens (primary N) is 1. The van der Waals surface area contributed by atoms with Gasteiger partial charge in [0.05, 0.1) is 6.10 Å². The molecule has 0 bridgehead atoms. The van der Waals surface area contributed by atoms with Gasteiger partial charge in [-0.2, -0.15) is 0 Å². The van der Waals surface area contributed by atoms with Gasteiger partial charge in [-0.05, 0) is 37.8 Å². The highest BCUT2D eigenvalue weighted by Gasteiger charge is 1.99. The molecule has 4 N–H and O–H groups in total. The second kappa shape index (κ2) is 6.01. The van der Waals surface area contributed by atoms with Crippen molar-refractivity contribution in [2.24, 2.45) is 0 Å². The van der Waals surface area contributed by atoms with Crippen LogP contribution < -0.4 is 11.1 Å². The van der Waals surface area contributed by atoms with Crippen LogP contribution in [-0.2, 0) is 6.54 Å². The van der Waals surface area contributed by atoms with Crippen LogP contribution >= 0.6 is 11.3 Å². The number of aliphatic hydroxyl groups excluding tert-OH is 1. The fourth-order valence-corrected chi connectivity index (χ4v) is 1.99. The summed E-state index contributed by atoms with van der Waals surface area (Å²) in [6.45, 7) is 3.59. The highest BCUT2D eigenvalue weighted by Crippen LogP contribution is 2.17. The van der Waals surface area contributed by atoms with Crippen molar-refractivity contribution in [3.05, 3.63) is 16.3 Å². The highest BCUT2D eigenvalue weighted by molar-refractivity contribution is 7.10. The maximum Gasteiger partial charge on any atom is 0.0512 e. The molecule has 1 atom stereocenters. The van der Waals surface area contributed by atoms with Gasteiger partial charge in [0.15, 0.2) is 0 Å². The van der Waals surface area contributed by atoms with Gasteiger partial charge >= 0.3 is 0 Å². The lowest BCUT2D eigenvalue weighted by atomic mass is 10.2. The van der Waals surface area contributed by atoms with Gasteiger partial charge in [-0.25, -0.2) is 0 Å². The van der Waals surface area contributed by atoms with E-state index < -0.39 is 0 Å². The zero-order valence-electron chi connectivity index (χ0n) is 8.49. The van der Waals surface area contributed by atoms with E-state index >= 15 is 0 Å². The molecule has 3 nitrogen and oxygen atoms in total. The lowest BCUT2D eigenvalue weighted by molar-refractivity contribution is 0.181. The highest BCUT2D eigenvalue weighted by atomic mass is 32.1. The van der Waals surface area contributed by atoms with E-state index in [4.69, 9.17) is 10.8 Å². The molecule has 80 valence electrons. The molecule has 0 aliphatic heterocycles. The average molecular weight is 214 g/mol. The lowest BCUT2D eigenvalue weighted by Gasteiger charge is -2.05. The first kappa shape index (κ1) is 11.5. The Hall–Kier alpha value is -0.580. The standard InChI is InChI=1S/C10H18N2OS/c1-8(13)3-2-5-12-7-10-9(11)4-6-14-10/h4,6,8,12-13H,2-3,5,7,11H2,1H3. The predicted molar refractivity (Wildman–Crippen MR) is 61.4 cm³/mol. The topological polar surface area (TPSA) is 58.3 Å². The molecule has 1 unspecified atom stereocenters. The monoisotopic (exact) mass is 214 g/mol. The SMILES string of the molecule is CC(O)CCCNCc1sccc1N. The Kier molecular flexibility index (Phi) is 4.93. The van der Waals surface area contributed by atoms with E-state index in [2.05, 4.69) is 5.32 Å². The molecule has 0 aliphatic rings. The smallest absolute Gasteiger partial charge is 0.0512 e. The van der Waals surface area contributed by atoms with Crippen LogP contribution in [0.3, 0.4) is 0 Å². The largest absolute Gasteiger partial charge is 0.398 e. The molecule has 0 amide bonds. The minimum absolute atomic E-state index is 0.191. The molecule has 1 heterocycles. The van der Waals surface area contributed by atoms with Crippen molar-refractivity contribution in [3.63, 3.8) is 0 Å². The fraction of sp³-hybridized carbons (Fsp3) is 0.600. The third kappa shape index (κ3) is 4.09. The first-order valence-corrected chi connectivity index (χ1v) is 5.78. The summed E-state index contributed by atoms with van der Waals surface area (Å²) in [5, 5.41) is 14.3. The Morgan fingerprint density at radius 3 is 3.00 bits per heavy atom. The summed E-state index contributed by atoms with van der Waals surface area (Å²) >= 11 is 1.68. The Morgan fingerprint density at radius 1 is 1.64 bits per heavy atom. The summed E-state index contributed by atoms with van der Waals surface area (Å²) in [4.78, 5) is 1.20. The maximum atomic E-state index is 9.03. The molecule has 1 aromatic heterocycles. The van der Waals surface area contributed by atoms with Crippen molar-refractivity contribution in [1.82, 2.24) is 5.32 Å². The number of hydrogen-bond donors (Lipinski definition) is 3. The summed E-state index contributed by atoms with van der Waals surface area (Å²) < 4.78 is 0. The lowest BCUT2D eigenvalue weighted by Crippen LogP contribution is -2.16. The van der Waals surface area contributed by atoms with Crippen LogP contribution in [0.25, 0.3) is 0 Å². The van der Waals surface area contributed by atoms with Crippen molar-refractivity contribution < 1.29 is 5.11 Å². The van der Waals surface area contributed by atoms with Crippen molar-refractivity contribution in [3.8, 4) is 0 Å². The van der Waals surface area contributed by atoms with Crippen LogP contribution in [0.1, 0.15) is 24.6 Å². The second-order valence-electron chi connectivity index (χ2n) is 3.47. The molecule has 0 aliphatic carbocycles. The predicted octanol–water partition coefficient (Wildman–Crippen LogP) is 1.58. The third-order valence-corrected chi connectivity index (χ3v) is 2.98. The van der Waals surface area contributed by atoms with Gasteiger partial charge in [0.1, 0.15) is 0 Å². The fourth-order valence-electron chi connectivity index (χ4n) is 1.22. The minimum atomic E-state index is -0.191. The quantitative estimate of drug-likeness (QED) is 0.630. The molecular formula is C10H18N2OS. The van der Waals surface area contributed by atoms with Gasteiger partial charge in [-0.15, -0.1) is 11.3 Å². The van der Waals surface area contributed by atoms with E-state index in [-0.39, 0.29) is 6.10 Å². The van der Waals surface area contributed by atoms with Crippen LogP contribution in [0.2, 0.25) is 0 Å². The molecule has 4 heteroatoms. The molecule has 0 saturated carbocycles. The number of thiophene rings is 1. The van der Waals surface area contributed by atoms with E-state index in [0.717, 1.165) is 31.6 Å². The van der Waals surface area contributed by atoms with E-state index in [1.165, 1.54) is 4.88 Å². The summed E-state index contributed by atoms with van der Waals surface area (Å²) in [7, 11) is 0. The number of aliphatic hydroxyl groups is 1. The third-order valence-electron chi connectivity index (χ3n) is 2.04. The number of hydrogen-bond acceptors (Lipinski definition) is 4. The van der Waals surface area contributed by atoms with Gasteiger partial charge < -0.3 is 16.2 Å². The summed E-state index contributed by atoms with van der Waals surface area (Å²) in [6, 6.07) is 1.93. The second-order valence-corrected chi connectivity index (χ2v) is 4.47. The van der Waals surface area contributed by atoms with Gasteiger partial charge in [-0.1, -0.05) is 0 Å². The molecule has 14 heavy (non-hydrogen) atoms. The van der Waals surface area contributed by atoms with Crippen LogP contribution in [0.5, 0.6) is 0 Å². The van der Waals surface area contributed by atoms with Crippen molar-refractivity contribution in [2.45, 2.75) is 32.4 Å². The Morgan fingerprint density at radius 2 is 2.43 bits per heavy atom. The Bertz CT molecular complexity index is 260. The maximum absolute atomic E-state index is 9.03. The first-order chi connectivity index (χ1) is 6.70. The average Bonchev–Trinajstić information content (AvgIpc) is 2.51. The van der Waals surface area contributed by atoms with E-state index in [0.29, 0.717) is 0 Å². The van der Waals surface area contributed by atoms with Gasteiger partial charge in [-0.3, -0.25) is 0 Å². The summed E-state index contributed by atoms with van der Waals surface area (Å²) in [5.74, 6) is 0. The number of nitrogen functional groups attached to an aromatic ring is 1. The van der Waals surface area contributed by atoms with Crippen molar-refractivity contribution in [1.29, 1.82) is 0 Å². The molecule has 0 fully saturated rings. The molecular weight excluding hydrogens is 196 g/mol. The Labute approximate surface area is 88.9 Å². The molecule has 1 aromatic rings. The molecule has 1 rings (SSSR count). The minimum Gasteiger partial charge on any atom is -0.398 e. The van der Waals surface area contributed by atoms with Crippen LogP contribution in [0, 0.1) is 0 Å². The van der Waals surface area contributed by atoms with E-state index in [1.54, 1.807) is 11.3 Å². The zero-order chi connectivity index (χ0) is 10.4. The number of rotatable bonds is 6. The van der Waals surface area contributed by atoms with Crippen molar-refractivity contribution >= 4 is 17.0 Å². The number of nitrogens with one attached hydrogen (secondary N) is 1. The summed E-state index contributed by atoms with van der Waals surface area (Å²) in [5.41, 5.74) is 6.61. The number of anilines is 1. The molecule has 0 aromatic carbocycles. The van der Waals surface area contributed by atoms with E-state index in [1.807, 2.05) is 18.4 Å². The van der Waals surface area contributed by atoms with E-state index in [9.17, 15) is 0 Å².